The molecule has 5 nitrogen and oxygen atoms in total. The molecule has 0 aliphatic rings. The Morgan fingerprint density at radius 1 is 1.38 bits per heavy atom. The molecule has 6 heteroatoms. The molecule has 2 aromatic carbocycles. The highest BCUT2D eigenvalue weighted by Gasteiger charge is 2.13. The molecule has 0 fully saturated rings. The van der Waals surface area contributed by atoms with Crippen LogP contribution in [-0.4, -0.2) is 23.3 Å². The summed E-state index contributed by atoms with van der Waals surface area (Å²) in [5, 5.41) is 17.3. The van der Waals surface area contributed by atoms with Crippen molar-refractivity contribution in [1.29, 1.82) is 0 Å². The van der Waals surface area contributed by atoms with E-state index in [2.05, 4.69) is 45.0 Å². The van der Waals surface area contributed by atoms with Crippen molar-refractivity contribution in [2.45, 2.75) is 26.3 Å². The molecule has 0 saturated heterocycles. The molecule has 0 spiro atoms. The number of hydrogen-bond donors (Lipinski definition) is 3. The molecule has 0 aliphatic heterocycles. The van der Waals surface area contributed by atoms with E-state index in [4.69, 9.17) is 0 Å². The van der Waals surface area contributed by atoms with E-state index in [1.165, 1.54) is 6.21 Å². The van der Waals surface area contributed by atoms with Crippen molar-refractivity contribution in [1.82, 2.24) is 5.43 Å². The van der Waals surface area contributed by atoms with Crippen molar-refractivity contribution in [3.63, 3.8) is 0 Å². The lowest BCUT2D eigenvalue weighted by atomic mass is 10.1. The molecule has 1 amide bonds. The Morgan fingerprint density at radius 2 is 2.15 bits per heavy atom. The normalized spacial score (nSPS) is 12.0. The summed E-state index contributed by atoms with van der Waals surface area (Å²) in [4.78, 5) is 12.2. The van der Waals surface area contributed by atoms with Gasteiger partial charge in [0.05, 0.1) is 6.21 Å². The van der Waals surface area contributed by atoms with Crippen molar-refractivity contribution in [2.24, 2.45) is 5.10 Å². The van der Waals surface area contributed by atoms with E-state index in [1.807, 2.05) is 37.3 Å². The molecule has 0 aliphatic carbocycles. The standard InChI is InChI=1S/C20H22IN3O2/c1-4-6-15-7-5-8-16(19(15)25)12-22-24-20(26)14(3)23-18-10-9-17(21)11-13(18)2/h4-5,7-12,14,23,25H,1,6H2,2-3H3,(H,24,26)/b22-12+. The topological polar surface area (TPSA) is 73.7 Å². The van der Waals surface area contributed by atoms with Crippen LogP contribution in [0.3, 0.4) is 0 Å². The fourth-order valence-electron chi connectivity index (χ4n) is 2.39. The van der Waals surface area contributed by atoms with E-state index in [9.17, 15) is 9.90 Å². The van der Waals surface area contributed by atoms with Crippen LogP contribution in [0.25, 0.3) is 0 Å². The van der Waals surface area contributed by atoms with Gasteiger partial charge in [0, 0.05) is 14.8 Å². The molecule has 1 atom stereocenters. The number of phenols is 1. The maximum Gasteiger partial charge on any atom is 0.262 e. The molecule has 0 heterocycles. The van der Waals surface area contributed by atoms with E-state index >= 15 is 0 Å². The number of nitrogens with one attached hydrogen (secondary N) is 2. The molecule has 3 N–H and O–H groups in total. The first kappa shape index (κ1) is 20.0. The minimum Gasteiger partial charge on any atom is -0.507 e. The van der Waals surface area contributed by atoms with Gasteiger partial charge in [-0.05, 0) is 78.3 Å². The molecule has 0 radical (unpaired) electrons. The largest absolute Gasteiger partial charge is 0.507 e. The van der Waals surface area contributed by atoms with Gasteiger partial charge in [0.1, 0.15) is 11.8 Å². The molecule has 0 aromatic heterocycles. The predicted octanol–water partition coefficient (Wildman–Crippen LogP) is 3.98. The zero-order chi connectivity index (χ0) is 19.1. The predicted molar refractivity (Wildman–Crippen MR) is 115 cm³/mol. The molecular formula is C20H22IN3O2. The second kappa shape index (κ2) is 9.38. The molecule has 26 heavy (non-hydrogen) atoms. The third-order valence-corrected chi connectivity index (χ3v) is 4.52. The lowest BCUT2D eigenvalue weighted by Crippen LogP contribution is -2.35. The zero-order valence-corrected chi connectivity index (χ0v) is 16.9. The van der Waals surface area contributed by atoms with Crippen LogP contribution < -0.4 is 10.7 Å². The third-order valence-electron chi connectivity index (χ3n) is 3.85. The second-order valence-corrected chi connectivity index (χ2v) is 7.15. The third kappa shape index (κ3) is 5.32. The van der Waals surface area contributed by atoms with Gasteiger partial charge < -0.3 is 10.4 Å². The zero-order valence-electron chi connectivity index (χ0n) is 14.8. The van der Waals surface area contributed by atoms with Gasteiger partial charge in [-0.15, -0.1) is 6.58 Å². The van der Waals surface area contributed by atoms with Gasteiger partial charge in [0.25, 0.3) is 5.91 Å². The summed E-state index contributed by atoms with van der Waals surface area (Å²) in [6.07, 6.45) is 3.72. The average Bonchev–Trinajstić information content (AvgIpc) is 2.60. The molecule has 136 valence electrons. The number of hydrazone groups is 1. The number of allylic oxidation sites excluding steroid dienone is 1. The van der Waals surface area contributed by atoms with Crippen LogP contribution >= 0.6 is 22.6 Å². The van der Waals surface area contributed by atoms with Crippen LogP contribution in [0.2, 0.25) is 0 Å². The molecule has 2 aromatic rings. The van der Waals surface area contributed by atoms with Crippen molar-refractivity contribution < 1.29 is 9.90 Å². The number of para-hydroxylation sites is 1. The number of rotatable bonds is 7. The summed E-state index contributed by atoms with van der Waals surface area (Å²) in [6, 6.07) is 10.9. The number of carbonyl (C=O) groups is 1. The van der Waals surface area contributed by atoms with E-state index in [0.717, 1.165) is 20.4 Å². The Hall–Kier alpha value is -2.35. The number of hydrogen-bond acceptors (Lipinski definition) is 4. The second-order valence-electron chi connectivity index (χ2n) is 5.91. The number of anilines is 1. The fraction of sp³-hybridized carbons (Fsp3) is 0.200. The Morgan fingerprint density at radius 3 is 2.85 bits per heavy atom. The number of phenolic OH excluding ortho intramolecular Hbond substituents is 1. The fourth-order valence-corrected chi connectivity index (χ4v) is 3.03. The first-order valence-corrected chi connectivity index (χ1v) is 9.27. The lowest BCUT2D eigenvalue weighted by Gasteiger charge is -2.15. The van der Waals surface area contributed by atoms with Gasteiger partial charge in [-0.2, -0.15) is 5.10 Å². The number of amides is 1. The van der Waals surface area contributed by atoms with Crippen LogP contribution in [0.1, 0.15) is 23.6 Å². The van der Waals surface area contributed by atoms with Crippen LogP contribution in [0.5, 0.6) is 5.75 Å². The maximum absolute atomic E-state index is 12.2. The van der Waals surface area contributed by atoms with Gasteiger partial charge in [-0.1, -0.05) is 18.2 Å². The number of halogens is 1. The number of aromatic hydroxyl groups is 1. The summed E-state index contributed by atoms with van der Waals surface area (Å²) < 4.78 is 1.14. The lowest BCUT2D eigenvalue weighted by molar-refractivity contribution is -0.121. The summed E-state index contributed by atoms with van der Waals surface area (Å²) in [5.74, 6) is -0.118. The van der Waals surface area contributed by atoms with E-state index in [1.54, 1.807) is 19.1 Å². The molecule has 0 bridgehead atoms. The van der Waals surface area contributed by atoms with Crippen LogP contribution in [0.15, 0.2) is 54.2 Å². The minimum atomic E-state index is -0.452. The van der Waals surface area contributed by atoms with Crippen molar-refractivity contribution in [3.8, 4) is 5.75 Å². The average molecular weight is 463 g/mol. The van der Waals surface area contributed by atoms with E-state index in [-0.39, 0.29) is 11.7 Å². The first-order chi connectivity index (χ1) is 12.4. The van der Waals surface area contributed by atoms with Gasteiger partial charge in [0.2, 0.25) is 0 Å². The SMILES string of the molecule is C=CCc1cccc(/C=N/NC(=O)C(C)Nc2ccc(I)cc2C)c1O. The smallest absolute Gasteiger partial charge is 0.262 e. The summed E-state index contributed by atoms with van der Waals surface area (Å²) in [5.41, 5.74) is 5.78. The Bertz CT molecular complexity index is 834. The highest BCUT2D eigenvalue weighted by Crippen LogP contribution is 2.21. The summed E-state index contributed by atoms with van der Waals surface area (Å²) in [7, 11) is 0. The monoisotopic (exact) mass is 463 g/mol. The Labute approximate surface area is 167 Å². The minimum absolute atomic E-state index is 0.145. The van der Waals surface area contributed by atoms with Crippen LogP contribution in [-0.2, 0) is 11.2 Å². The van der Waals surface area contributed by atoms with Gasteiger partial charge in [-0.25, -0.2) is 5.43 Å². The molecule has 0 saturated carbocycles. The highest BCUT2D eigenvalue weighted by atomic mass is 127. The van der Waals surface area contributed by atoms with Crippen molar-refractivity contribution in [3.05, 3.63) is 69.3 Å². The maximum atomic E-state index is 12.2. The van der Waals surface area contributed by atoms with Gasteiger partial charge >= 0.3 is 0 Å². The van der Waals surface area contributed by atoms with E-state index < -0.39 is 6.04 Å². The van der Waals surface area contributed by atoms with Crippen LogP contribution in [0, 0.1) is 10.5 Å². The molecule has 2 rings (SSSR count). The summed E-state index contributed by atoms with van der Waals surface area (Å²) in [6.45, 7) is 7.43. The quantitative estimate of drug-likeness (QED) is 0.252. The molecular weight excluding hydrogens is 441 g/mol. The Balaban J connectivity index is 1.98. The van der Waals surface area contributed by atoms with Gasteiger partial charge in [0.15, 0.2) is 0 Å². The number of aryl methyl sites for hydroxylation is 1. The van der Waals surface area contributed by atoms with Crippen molar-refractivity contribution in [2.75, 3.05) is 5.32 Å². The Kier molecular flexibility index (Phi) is 7.20. The van der Waals surface area contributed by atoms with Gasteiger partial charge in [-0.3, -0.25) is 4.79 Å². The number of benzene rings is 2. The summed E-state index contributed by atoms with van der Waals surface area (Å²) >= 11 is 2.25. The number of nitrogens with zero attached hydrogens (tertiary/aromatic N) is 1. The van der Waals surface area contributed by atoms with E-state index in [0.29, 0.717) is 12.0 Å². The first-order valence-electron chi connectivity index (χ1n) is 8.19. The highest BCUT2D eigenvalue weighted by molar-refractivity contribution is 14.1. The number of carbonyl (C=O) groups excluding carboxylic acids is 1. The van der Waals surface area contributed by atoms with Crippen molar-refractivity contribution >= 4 is 40.4 Å². The molecule has 1 unspecified atom stereocenters. The van der Waals surface area contributed by atoms with Crippen LogP contribution in [0.4, 0.5) is 5.69 Å².